The molecule has 6 nitrogen and oxygen atoms in total. The third-order valence-electron chi connectivity index (χ3n) is 5.07. The number of ether oxygens (including phenoxy) is 1. The molecule has 0 spiro atoms. The van der Waals surface area contributed by atoms with Gasteiger partial charge in [0.15, 0.2) is 0 Å². The van der Waals surface area contributed by atoms with E-state index in [1.807, 2.05) is 31.2 Å². The van der Waals surface area contributed by atoms with Gasteiger partial charge in [-0.05, 0) is 85.3 Å². The molecule has 0 saturated heterocycles. The van der Waals surface area contributed by atoms with E-state index >= 15 is 0 Å². The number of halogens is 2. The van der Waals surface area contributed by atoms with Gasteiger partial charge in [0.25, 0.3) is 10.0 Å². The normalized spacial score (nSPS) is 11.2. The fourth-order valence-corrected chi connectivity index (χ4v) is 6.00. The van der Waals surface area contributed by atoms with Crippen molar-refractivity contribution in [2.45, 2.75) is 24.0 Å². The van der Waals surface area contributed by atoms with Gasteiger partial charge in [-0.1, -0.05) is 35.3 Å². The molecule has 0 heterocycles. The summed E-state index contributed by atoms with van der Waals surface area (Å²) in [5.74, 6) is 1.91. The first-order chi connectivity index (χ1) is 17.3. The first-order valence-corrected chi connectivity index (χ1v) is 14.7. The van der Waals surface area contributed by atoms with Gasteiger partial charge in [0.1, 0.15) is 12.3 Å². The smallest absolute Gasteiger partial charge is 0.264 e. The van der Waals surface area contributed by atoms with E-state index in [0.717, 1.165) is 27.8 Å². The van der Waals surface area contributed by atoms with Gasteiger partial charge in [0.2, 0.25) is 5.91 Å². The van der Waals surface area contributed by atoms with Crippen LogP contribution >= 0.6 is 35.0 Å². The van der Waals surface area contributed by atoms with Crippen LogP contribution in [0.25, 0.3) is 0 Å². The van der Waals surface area contributed by atoms with Crippen molar-refractivity contribution in [2.24, 2.45) is 0 Å². The zero-order valence-corrected chi connectivity index (χ0v) is 23.0. The van der Waals surface area contributed by atoms with Gasteiger partial charge >= 0.3 is 0 Å². The summed E-state index contributed by atoms with van der Waals surface area (Å²) in [6, 6.07) is 20.2. The van der Waals surface area contributed by atoms with Gasteiger partial charge in [-0.2, -0.15) is 11.8 Å². The van der Waals surface area contributed by atoms with Gasteiger partial charge in [-0.25, -0.2) is 8.42 Å². The van der Waals surface area contributed by atoms with Crippen molar-refractivity contribution in [2.75, 3.05) is 29.8 Å². The second-order valence-corrected chi connectivity index (χ2v) is 11.6. The second kappa shape index (κ2) is 13.8. The van der Waals surface area contributed by atoms with Crippen LogP contribution < -0.4 is 14.4 Å². The monoisotopic (exact) mass is 566 g/mol. The standard InChI is InChI=1S/C26H28Cl2N2O4S2/c1-2-34-24-11-9-23(10-12-24)30(36(32,33)25-13-7-21(27)8-14-25)18-26(31)29-15-4-16-35-19-20-5-3-6-22(28)17-20/h3,5-14,17H,2,4,15-16,18-19H2,1H3,(H,29,31). The molecule has 0 atom stereocenters. The van der Waals surface area contributed by atoms with Gasteiger partial charge in [-0.3, -0.25) is 9.10 Å². The van der Waals surface area contributed by atoms with Gasteiger partial charge < -0.3 is 10.1 Å². The predicted octanol–water partition coefficient (Wildman–Crippen LogP) is 6.03. The molecular weight excluding hydrogens is 539 g/mol. The first kappa shape index (κ1) is 28.2. The highest BCUT2D eigenvalue weighted by atomic mass is 35.5. The zero-order chi connectivity index (χ0) is 26.0. The molecule has 0 aliphatic carbocycles. The van der Waals surface area contributed by atoms with E-state index in [4.69, 9.17) is 27.9 Å². The Hall–Kier alpha value is -2.39. The maximum Gasteiger partial charge on any atom is 0.264 e. The number of amides is 1. The van der Waals surface area contributed by atoms with Crippen molar-refractivity contribution in [3.8, 4) is 5.75 Å². The molecule has 36 heavy (non-hydrogen) atoms. The number of nitrogens with zero attached hydrogens (tertiary/aromatic N) is 1. The number of carbonyl (C=O) groups is 1. The Morgan fingerprint density at radius 3 is 2.39 bits per heavy atom. The molecule has 0 radical (unpaired) electrons. The fraction of sp³-hybridized carbons (Fsp3) is 0.269. The molecule has 0 unspecified atom stereocenters. The fourth-order valence-electron chi connectivity index (χ4n) is 3.33. The number of sulfonamides is 1. The predicted molar refractivity (Wildman–Crippen MR) is 149 cm³/mol. The number of benzene rings is 3. The molecular formula is C26H28Cl2N2O4S2. The molecule has 1 amide bonds. The van der Waals surface area contributed by atoms with Crippen LogP contribution in [0.15, 0.2) is 77.7 Å². The summed E-state index contributed by atoms with van der Waals surface area (Å²) in [6.45, 7) is 2.45. The van der Waals surface area contributed by atoms with Crippen LogP contribution in [0, 0.1) is 0 Å². The van der Waals surface area contributed by atoms with Crippen LogP contribution in [0.2, 0.25) is 10.0 Å². The lowest BCUT2D eigenvalue weighted by Gasteiger charge is -2.24. The molecule has 10 heteroatoms. The Morgan fingerprint density at radius 1 is 1.00 bits per heavy atom. The van der Waals surface area contributed by atoms with E-state index < -0.39 is 10.0 Å². The third-order valence-corrected chi connectivity index (χ3v) is 8.46. The van der Waals surface area contributed by atoms with Crippen LogP contribution in [0.5, 0.6) is 5.75 Å². The number of rotatable bonds is 13. The molecule has 3 rings (SSSR count). The topological polar surface area (TPSA) is 75.7 Å². The van der Waals surface area contributed by atoms with E-state index in [9.17, 15) is 13.2 Å². The van der Waals surface area contributed by atoms with E-state index in [1.165, 1.54) is 24.3 Å². The zero-order valence-electron chi connectivity index (χ0n) is 19.8. The quantitative estimate of drug-likeness (QED) is 0.256. The number of nitrogens with one attached hydrogen (secondary N) is 1. The average molecular weight is 568 g/mol. The maximum absolute atomic E-state index is 13.4. The van der Waals surface area contributed by atoms with Crippen molar-refractivity contribution >= 4 is 56.6 Å². The van der Waals surface area contributed by atoms with Gasteiger partial charge in [-0.15, -0.1) is 0 Å². The molecule has 3 aromatic carbocycles. The molecule has 1 N–H and O–H groups in total. The molecule has 0 bridgehead atoms. The van der Waals surface area contributed by atoms with E-state index in [-0.39, 0.29) is 17.3 Å². The second-order valence-electron chi connectivity index (χ2n) is 7.78. The van der Waals surface area contributed by atoms with Crippen molar-refractivity contribution < 1.29 is 17.9 Å². The molecule has 3 aromatic rings. The number of anilines is 1. The van der Waals surface area contributed by atoms with Crippen molar-refractivity contribution in [1.29, 1.82) is 0 Å². The van der Waals surface area contributed by atoms with Crippen molar-refractivity contribution in [3.05, 3.63) is 88.4 Å². The van der Waals surface area contributed by atoms with E-state index in [1.54, 1.807) is 36.0 Å². The van der Waals surface area contributed by atoms with E-state index in [2.05, 4.69) is 5.32 Å². The lowest BCUT2D eigenvalue weighted by Crippen LogP contribution is -2.41. The summed E-state index contributed by atoms with van der Waals surface area (Å²) in [5.41, 5.74) is 1.51. The molecule has 0 fully saturated rings. The summed E-state index contributed by atoms with van der Waals surface area (Å²) in [5, 5.41) is 3.97. The highest BCUT2D eigenvalue weighted by Gasteiger charge is 2.27. The Kier molecular flexibility index (Phi) is 10.8. The SMILES string of the molecule is CCOc1ccc(N(CC(=O)NCCCSCc2cccc(Cl)c2)S(=O)(=O)c2ccc(Cl)cc2)cc1. The summed E-state index contributed by atoms with van der Waals surface area (Å²) < 4.78 is 33.4. The Bertz CT molecular complexity index is 1240. The summed E-state index contributed by atoms with van der Waals surface area (Å²) in [6.07, 6.45) is 0.754. The highest BCUT2D eigenvalue weighted by Crippen LogP contribution is 2.26. The summed E-state index contributed by atoms with van der Waals surface area (Å²) in [4.78, 5) is 12.8. The van der Waals surface area contributed by atoms with Gasteiger partial charge in [0.05, 0.1) is 17.2 Å². The number of hydrogen-bond acceptors (Lipinski definition) is 5. The largest absolute Gasteiger partial charge is 0.494 e. The number of thioether (sulfide) groups is 1. The van der Waals surface area contributed by atoms with Crippen LogP contribution in [0.1, 0.15) is 18.9 Å². The molecule has 0 aliphatic rings. The lowest BCUT2D eigenvalue weighted by atomic mass is 10.2. The Morgan fingerprint density at radius 2 is 1.72 bits per heavy atom. The summed E-state index contributed by atoms with van der Waals surface area (Å²) in [7, 11) is -4.01. The average Bonchev–Trinajstić information content (AvgIpc) is 2.86. The molecule has 0 saturated carbocycles. The Labute approximate surface area is 227 Å². The maximum atomic E-state index is 13.4. The van der Waals surface area contributed by atoms with Crippen LogP contribution in [-0.4, -0.2) is 39.8 Å². The van der Waals surface area contributed by atoms with Crippen LogP contribution in [-0.2, 0) is 20.6 Å². The highest BCUT2D eigenvalue weighted by molar-refractivity contribution is 7.98. The molecule has 0 aliphatic heterocycles. The first-order valence-electron chi connectivity index (χ1n) is 11.4. The van der Waals surface area contributed by atoms with E-state index in [0.29, 0.717) is 34.6 Å². The number of hydrogen-bond donors (Lipinski definition) is 1. The van der Waals surface area contributed by atoms with Crippen LogP contribution in [0.4, 0.5) is 5.69 Å². The minimum Gasteiger partial charge on any atom is -0.494 e. The summed E-state index contributed by atoms with van der Waals surface area (Å²) >= 11 is 13.7. The molecule has 0 aromatic heterocycles. The lowest BCUT2D eigenvalue weighted by molar-refractivity contribution is -0.119. The number of carbonyl (C=O) groups excluding carboxylic acids is 1. The van der Waals surface area contributed by atoms with Crippen molar-refractivity contribution in [1.82, 2.24) is 5.32 Å². The third kappa shape index (κ3) is 8.34. The van der Waals surface area contributed by atoms with Crippen LogP contribution in [0.3, 0.4) is 0 Å². The minimum absolute atomic E-state index is 0.0472. The Balaban J connectivity index is 1.61. The van der Waals surface area contributed by atoms with Gasteiger partial charge in [0, 0.05) is 22.3 Å². The molecule has 192 valence electrons. The van der Waals surface area contributed by atoms with Crippen molar-refractivity contribution in [3.63, 3.8) is 0 Å². The minimum atomic E-state index is -4.01.